The fraction of sp³-hybridized carbons (Fsp3) is 0.364. The molecule has 0 fully saturated rings. The Morgan fingerprint density at radius 1 is 1.15 bits per heavy atom. The number of amides is 1. The molecule has 1 aliphatic heterocycles. The number of hydrogen-bond acceptors (Lipinski definition) is 3. The first kappa shape index (κ1) is 19.1. The molecule has 1 amide bonds. The molecule has 5 nitrogen and oxygen atoms in total. The zero-order chi connectivity index (χ0) is 19.2. The first-order chi connectivity index (χ1) is 13.0. The number of anilines is 1. The first-order valence-electron chi connectivity index (χ1n) is 9.40. The van der Waals surface area contributed by atoms with Gasteiger partial charge in [0.2, 0.25) is 5.91 Å². The zero-order valence-corrected chi connectivity index (χ0v) is 15.6. The maximum atomic E-state index is 11.8. The van der Waals surface area contributed by atoms with Crippen LogP contribution < -0.4 is 10.2 Å². The van der Waals surface area contributed by atoms with E-state index >= 15 is 0 Å². The molecule has 0 saturated heterocycles. The summed E-state index contributed by atoms with van der Waals surface area (Å²) in [5.74, 6) is -0.610. The minimum absolute atomic E-state index is 0.101. The van der Waals surface area contributed by atoms with Crippen molar-refractivity contribution in [1.29, 1.82) is 0 Å². The van der Waals surface area contributed by atoms with E-state index in [9.17, 15) is 9.59 Å². The van der Waals surface area contributed by atoms with E-state index in [2.05, 4.69) is 23.5 Å². The molecule has 1 heterocycles. The van der Waals surface area contributed by atoms with Crippen molar-refractivity contribution in [2.45, 2.75) is 44.7 Å². The first-order valence-corrected chi connectivity index (χ1v) is 9.40. The molecule has 1 aliphatic rings. The number of carboxylic acids is 1. The van der Waals surface area contributed by atoms with E-state index in [0.717, 1.165) is 24.1 Å². The van der Waals surface area contributed by atoms with Gasteiger partial charge in [-0.05, 0) is 42.0 Å². The van der Waals surface area contributed by atoms with Crippen LogP contribution >= 0.6 is 0 Å². The lowest BCUT2D eigenvalue weighted by Gasteiger charge is -2.26. The fourth-order valence-electron chi connectivity index (χ4n) is 3.55. The molecule has 0 aliphatic carbocycles. The van der Waals surface area contributed by atoms with Crippen molar-refractivity contribution < 1.29 is 14.7 Å². The largest absolute Gasteiger partial charge is 0.481 e. The van der Waals surface area contributed by atoms with Crippen molar-refractivity contribution in [2.75, 3.05) is 11.9 Å². The van der Waals surface area contributed by atoms with E-state index in [1.54, 1.807) is 4.90 Å². The number of hydrogen-bond donors (Lipinski definition) is 2. The molecule has 2 aromatic carbocycles. The quantitative estimate of drug-likeness (QED) is 0.753. The number of aliphatic carboxylic acids is 1. The third kappa shape index (κ3) is 5.17. The summed E-state index contributed by atoms with van der Waals surface area (Å²) in [6, 6.07) is 16.4. The molecule has 1 unspecified atom stereocenters. The number of benzene rings is 2. The number of nitrogens with zero attached hydrogens (tertiary/aromatic N) is 1. The van der Waals surface area contributed by atoms with Crippen LogP contribution in [0.25, 0.3) is 0 Å². The molecule has 142 valence electrons. The molecule has 0 radical (unpaired) electrons. The highest BCUT2D eigenvalue weighted by Gasteiger charge is 2.21. The highest BCUT2D eigenvalue weighted by molar-refractivity contribution is 5.95. The molecular formula is C22H26N2O3. The highest BCUT2D eigenvalue weighted by atomic mass is 16.4. The van der Waals surface area contributed by atoms with E-state index in [4.69, 9.17) is 5.11 Å². The monoisotopic (exact) mass is 366 g/mol. The van der Waals surface area contributed by atoms with Crippen molar-refractivity contribution in [1.82, 2.24) is 5.32 Å². The summed E-state index contributed by atoms with van der Waals surface area (Å²) in [4.78, 5) is 24.5. The SMILES string of the molecule is CN1C(=O)CCc2cc(CNC(CCC(=O)O)Cc3ccccc3)ccc21. The van der Waals surface area contributed by atoms with Crippen molar-refractivity contribution >= 4 is 17.6 Å². The molecule has 0 aromatic heterocycles. The Hall–Kier alpha value is -2.66. The minimum atomic E-state index is -0.767. The van der Waals surface area contributed by atoms with Crippen LogP contribution in [0, 0.1) is 0 Å². The van der Waals surface area contributed by atoms with Crippen molar-refractivity contribution in [3.63, 3.8) is 0 Å². The van der Waals surface area contributed by atoms with Crippen LogP contribution in [-0.4, -0.2) is 30.1 Å². The number of carbonyl (C=O) groups excluding carboxylic acids is 1. The second-order valence-corrected chi connectivity index (χ2v) is 7.12. The Morgan fingerprint density at radius 2 is 1.93 bits per heavy atom. The van der Waals surface area contributed by atoms with Crippen LogP contribution in [0.5, 0.6) is 0 Å². The van der Waals surface area contributed by atoms with Gasteiger partial charge in [0.05, 0.1) is 0 Å². The molecular weight excluding hydrogens is 340 g/mol. The van der Waals surface area contributed by atoms with Gasteiger partial charge in [-0.25, -0.2) is 0 Å². The molecule has 27 heavy (non-hydrogen) atoms. The van der Waals surface area contributed by atoms with Gasteiger partial charge in [0.1, 0.15) is 0 Å². The van der Waals surface area contributed by atoms with Gasteiger partial charge in [0, 0.05) is 38.2 Å². The maximum absolute atomic E-state index is 11.8. The fourth-order valence-corrected chi connectivity index (χ4v) is 3.55. The van der Waals surface area contributed by atoms with Crippen molar-refractivity contribution in [3.05, 3.63) is 65.2 Å². The molecule has 1 atom stereocenters. The molecule has 0 saturated carbocycles. The summed E-state index contributed by atoms with van der Waals surface area (Å²) in [6.45, 7) is 0.683. The average Bonchev–Trinajstić information content (AvgIpc) is 2.67. The summed E-state index contributed by atoms with van der Waals surface area (Å²) in [5, 5.41) is 12.6. The van der Waals surface area contributed by atoms with Gasteiger partial charge in [-0.2, -0.15) is 0 Å². The van der Waals surface area contributed by atoms with Gasteiger partial charge in [-0.3, -0.25) is 9.59 Å². The Morgan fingerprint density at radius 3 is 2.67 bits per heavy atom. The number of rotatable bonds is 8. The van der Waals surface area contributed by atoms with Crippen LogP contribution in [0.3, 0.4) is 0 Å². The Bertz CT molecular complexity index is 804. The van der Waals surface area contributed by atoms with E-state index < -0.39 is 5.97 Å². The lowest BCUT2D eigenvalue weighted by Crippen LogP contribution is -2.32. The summed E-state index contributed by atoms with van der Waals surface area (Å²) in [5.41, 5.74) is 4.54. The summed E-state index contributed by atoms with van der Waals surface area (Å²) < 4.78 is 0. The highest BCUT2D eigenvalue weighted by Crippen LogP contribution is 2.27. The average molecular weight is 366 g/mol. The number of aryl methyl sites for hydroxylation is 1. The van der Waals surface area contributed by atoms with Crippen molar-refractivity contribution in [3.8, 4) is 0 Å². The van der Waals surface area contributed by atoms with Gasteiger partial charge in [-0.1, -0.05) is 42.5 Å². The van der Waals surface area contributed by atoms with Gasteiger partial charge < -0.3 is 15.3 Å². The molecule has 0 spiro atoms. The number of fused-ring (bicyclic) bond motifs is 1. The van der Waals surface area contributed by atoms with E-state index in [-0.39, 0.29) is 18.4 Å². The standard InChI is InChI=1S/C22H26N2O3/c1-24-20-10-7-17(13-18(20)8-11-21(24)25)15-23-19(9-12-22(26)27)14-16-5-3-2-4-6-16/h2-7,10,13,19,23H,8-9,11-12,14-15H2,1H3,(H,26,27). The third-order valence-corrected chi connectivity index (χ3v) is 5.11. The van der Waals surface area contributed by atoms with E-state index in [0.29, 0.717) is 19.4 Å². The summed E-state index contributed by atoms with van der Waals surface area (Å²) in [7, 11) is 1.82. The van der Waals surface area contributed by atoms with Crippen molar-refractivity contribution in [2.24, 2.45) is 0 Å². The van der Waals surface area contributed by atoms with Crippen LogP contribution in [0.2, 0.25) is 0 Å². The van der Waals surface area contributed by atoms with Gasteiger partial charge in [-0.15, -0.1) is 0 Å². The minimum Gasteiger partial charge on any atom is -0.481 e. The summed E-state index contributed by atoms with van der Waals surface area (Å²) in [6.07, 6.45) is 2.87. The summed E-state index contributed by atoms with van der Waals surface area (Å²) >= 11 is 0. The molecule has 0 bridgehead atoms. The van der Waals surface area contributed by atoms with E-state index in [1.807, 2.05) is 37.4 Å². The lowest BCUT2D eigenvalue weighted by atomic mass is 9.98. The van der Waals surface area contributed by atoms with Gasteiger partial charge in [0.25, 0.3) is 0 Å². The lowest BCUT2D eigenvalue weighted by molar-refractivity contribution is -0.137. The normalized spacial score (nSPS) is 14.7. The van der Waals surface area contributed by atoms with Crippen LogP contribution in [0.4, 0.5) is 5.69 Å². The smallest absolute Gasteiger partial charge is 0.303 e. The van der Waals surface area contributed by atoms with Gasteiger partial charge in [0.15, 0.2) is 0 Å². The number of carbonyl (C=O) groups is 2. The van der Waals surface area contributed by atoms with Crippen LogP contribution in [0.1, 0.15) is 36.0 Å². The Balaban J connectivity index is 1.65. The Kier molecular flexibility index (Phi) is 6.24. The molecule has 5 heteroatoms. The number of nitrogens with one attached hydrogen (secondary N) is 1. The third-order valence-electron chi connectivity index (χ3n) is 5.11. The van der Waals surface area contributed by atoms with Crippen LogP contribution in [-0.2, 0) is 29.0 Å². The topological polar surface area (TPSA) is 69.6 Å². The predicted molar refractivity (Wildman–Crippen MR) is 106 cm³/mol. The van der Waals surface area contributed by atoms with Gasteiger partial charge >= 0.3 is 5.97 Å². The predicted octanol–water partition coefficient (Wildman–Crippen LogP) is 3.16. The second kappa shape index (κ2) is 8.82. The van der Waals surface area contributed by atoms with Crippen LogP contribution in [0.15, 0.2) is 48.5 Å². The number of carboxylic acid groups (broad SMARTS) is 1. The molecule has 3 rings (SSSR count). The second-order valence-electron chi connectivity index (χ2n) is 7.12. The maximum Gasteiger partial charge on any atom is 0.303 e. The molecule has 2 N–H and O–H groups in total. The Labute approximate surface area is 160 Å². The molecule has 2 aromatic rings. The zero-order valence-electron chi connectivity index (χ0n) is 15.6. The van der Waals surface area contributed by atoms with E-state index in [1.165, 1.54) is 11.1 Å².